The van der Waals surface area contributed by atoms with Crippen LogP contribution in [0.2, 0.25) is 30.1 Å². The van der Waals surface area contributed by atoms with Crippen molar-refractivity contribution in [3.8, 4) is 40.1 Å². The molecule has 0 atom stereocenters. The average Bonchev–Trinajstić information content (AvgIpc) is 1.58. The lowest BCUT2D eigenvalue weighted by atomic mass is 10.2. The number of nitrogen functional groups attached to an aromatic ring is 1. The van der Waals surface area contributed by atoms with Gasteiger partial charge in [-0.25, -0.2) is 9.59 Å². The molecule has 12 rings (SSSR count). The molecule has 0 fully saturated rings. The van der Waals surface area contributed by atoms with Crippen molar-refractivity contribution in [2.45, 2.75) is 81.0 Å². The molecule has 12 aromatic rings. The smallest absolute Gasteiger partial charge is 0.387 e. The van der Waals surface area contributed by atoms with E-state index in [1.807, 2.05) is 40.7 Å². The number of nitro groups is 3. The lowest BCUT2D eigenvalue weighted by Crippen LogP contribution is -2.24. The van der Waals surface area contributed by atoms with Gasteiger partial charge in [-0.1, -0.05) is 93.9 Å². The Hall–Kier alpha value is -15.1. The summed E-state index contributed by atoms with van der Waals surface area (Å²) in [6.45, 7) is 0.972. The van der Waals surface area contributed by atoms with Gasteiger partial charge in [0.25, 0.3) is 12.2 Å². The van der Waals surface area contributed by atoms with Crippen molar-refractivity contribution in [1.29, 1.82) is 0 Å². The number of carbonyl (C=O) groups is 1. The number of nitrogens with two attached hydrogens (primary N) is 1. The minimum Gasteiger partial charge on any atom is -0.435 e. The molecule has 0 bridgehead atoms. The Balaban J connectivity index is 0.000000517. The lowest BCUT2D eigenvalue weighted by molar-refractivity contribution is -0.387. The molecule has 0 saturated heterocycles. The van der Waals surface area contributed by atoms with E-state index in [9.17, 15) is 88.6 Å². The van der Waals surface area contributed by atoms with Gasteiger partial charge in [-0.05, 0) is 173 Å². The van der Waals surface area contributed by atoms with Gasteiger partial charge in [-0.15, -0.1) is 0 Å². The molecule has 686 valence electrons. The Morgan fingerprint density at radius 2 is 0.762 bits per heavy atom. The summed E-state index contributed by atoms with van der Waals surface area (Å²) in [6.07, 6.45) is 1.25. The second-order valence-electron chi connectivity index (χ2n) is 24.4. The number of hydrogen-bond acceptors (Lipinski definition) is 27. The van der Waals surface area contributed by atoms with E-state index in [-0.39, 0.29) is 105 Å². The van der Waals surface area contributed by atoms with Crippen LogP contribution >= 0.6 is 69.6 Å². The first kappa shape index (κ1) is 111. The van der Waals surface area contributed by atoms with Crippen molar-refractivity contribution in [2.75, 3.05) is 16.4 Å². The topological polar surface area (TPSA) is 478 Å². The maximum absolute atomic E-state index is 13.0. The fraction of sp³-hybridized carbons (Fsp3) is 0.150. The predicted octanol–water partition coefficient (Wildman–Crippen LogP) is 20.0. The molecular weight excluding hydrogens is 1890 g/mol. The number of aryl methyl sites for hydroxylation is 5. The first-order chi connectivity index (χ1) is 61.2. The van der Waals surface area contributed by atoms with Crippen LogP contribution < -0.4 is 51.4 Å². The van der Waals surface area contributed by atoms with Crippen LogP contribution in [-0.4, -0.2) is 97.1 Å². The zero-order chi connectivity index (χ0) is 98.7. The molecule has 0 saturated carbocycles. The maximum atomic E-state index is 13.0. The van der Waals surface area contributed by atoms with Crippen LogP contribution in [0.3, 0.4) is 0 Å². The van der Waals surface area contributed by atoms with E-state index in [0.717, 1.165) is 40.4 Å². The summed E-state index contributed by atoms with van der Waals surface area (Å²) in [4.78, 5) is 148. The number of benzene rings is 10. The van der Waals surface area contributed by atoms with Crippen LogP contribution in [0.1, 0.15) is 47.7 Å². The number of ether oxygens (including phenoxy) is 5. The third-order valence-corrected chi connectivity index (χ3v) is 17.8. The Kier molecular flexibility index (Phi) is 47.3. The molecule has 130 heavy (non-hydrogen) atoms. The van der Waals surface area contributed by atoms with Gasteiger partial charge in [0.1, 0.15) is 28.7 Å². The van der Waals surface area contributed by atoms with Crippen molar-refractivity contribution >= 4 is 174 Å². The van der Waals surface area contributed by atoms with Crippen molar-refractivity contribution in [2.24, 2.45) is 0 Å². The number of nitrogens with zero attached hydrogens (tertiary/aromatic N) is 6. The molecule has 0 radical (unpaired) electrons. The zero-order valence-corrected chi connectivity index (χ0v) is 71.3. The normalized spacial score (nSPS) is 9.85. The Labute approximate surface area is 752 Å². The number of fused-ring (bicyclic) bond motifs is 2. The Bertz CT molecular complexity index is 6190. The number of aromatic nitrogens is 4. The van der Waals surface area contributed by atoms with E-state index in [0.29, 0.717) is 88.0 Å². The molecule has 2 aromatic heterocycles. The molecule has 0 amide bonds. The van der Waals surface area contributed by atoms with E-state index >= 15 is 0 Å². The van der Waals surface area contributed by atoms with Crippen LogP contribution in [0.4, 0.5) is 89.4 Å². The number of nitrogens with one attached hydrogen (secondary N) is 3. The summed E-state index contributed by atoms with van der Waals surface area (Å²) in [7, 11) is 0. The van der Waals surface area contributed by atoms with Gasteiger partial charge in [-0.3, -0.25) is 48.8 Å². The standard InChI is InChI=1S/C18H17ClF2N2O2.C15H11ClF2N2O2.C14H11ClF2N2O3.C14H13ClF2N2O.C7H3ClFNO4.C7H5ClFNO2.5CO2/c1-10(2)22-15-7-11(3)14(19)9-16(15)23(18(22)24)12-5-4-6-13(8-12)25-17(20)21;1-8-5-12-13(7-11(8)16)20(15(21)19-12)9-3-2-4-10(6-9)22-14(17)18;1-8-5-13(19(20)21)12(7-11(8)15)18-9-3-2-4-10(6-9)22-14(16)17;1-8-5-12(18)13(7-11(8)15)19-9-3-2-4-10(6-9)20-14(16)17;8-4-1-5(9)6(10(12)13)2-7(4)14-3-11;1-4-2-7(10(11)12)6(9)3-5(4)8;5*2-1-3/h4-10,17H,1-3H3;2-7,14H,1H3,(H,19,21);2-7,14,18H,1H3;2-7,14,19H,18H2,1H3;1-3H;2-3H,1H3;;;;;. The van der Waals surface area contributed by atoms with Gasteiger partial charge in [-0.2, -0.15) is 91.8 Å². The quantitative estimate of drug-likeness (QED) is 0.0181. The molecule has 0 aliphatic heterocycles. The molecule has 50 heteroatoms. The Morgan fingerprint density at radius 3 is 1.18 bits per heavy atom. The molecule has 0 unspecified atom stereocenters. The highest BCUT2D eigenvalue weighted by Crippen LogP contribution is 2.37. The molecule has 2 heterocycles. The van der Waals surface area contributed by atoms with Crippen LogP contribution in [0.5, 0.6) is 28.7 Å². The number of alkyl halides is 8. The fourth-order valence-electron chi connectivity index (χ4n) is 10.3. The van der Waals surface area contributed by atoms with Crippen molar-refractivity contribution in [1.82, 2.24) is 18.7 Å². The molecule has 0 spiro atoms. The Morgan fingerprint density at radius 1 is 0.423 bits per heavy atom. The third kappa shape index (κ3) is 35.4. The summed E-state index contributed by atoms with van der Waals surface area (Å²) >= 11 is 35.3. The van der Waals surface area contributed by atoms with Gasteiger partial charge in [0.15, 0.2) is 5.75 Å². The van der Waals surface area contributed by atoms with Crippen LogP contribution in [0, 0.1) is 76.6 Å². The maximum Gasteiger partial charge on any atom is 0.387 e. The number of imidazole rings is 2. The first-order valence-corrected chi connectivity index (χ1v) is 36.9. The summed E-state index contributed by atoms with van der Waals surface area (Å²) in [5.41, 5.74) is 12.9. The van der Waals surface area contributed by atoms with Crippen molar-refractivity contribution < 1.29 is 135 Å². The minimum absolute atomic E-state index is 0.0111. The second kappa shape index (κ2) is 55.4. The van der Waals surface area contributed by atoms with Gasteiger partial charge in [0, 0.05) is 85.0 Å². The van der Waals surface area contributed by atoms with Gasteiger partial charge >= 0.3 is 80.0 Å². The lowest BCUT2D eigenvalue weighted by Gasteiger charge is -2.12. The number of H-pyrrole nitrogens is 1. The van der Waals surface area contributed by atoms with Crippen LogP contribution in [0.25, 0.3) is 33.4 Å². The largest absolute Gasteiger partial charge is 0.435 e. The van der Waals surface area contributed by atoms with Crippen LogP contribution in [0.15, 0.2) is 179 Å². The van der Waals surface area contributed by atoms with Crippen molar-refractivity contribution in [3.05, 3.63) is 291 Å². The number of anilines is 5. The van der Waals surface area contributed by atoms with Gasteiger partial charge < -0.3 is 45.0 Å². The van der Waals surface area contributed by atoms with Gasteiger partial charge in [0.2, 0.25) is 11.6 Å². The predicted molar refractivity (Wildman–Crippen MR) is 443 cm³/mol. The summed E-state index contributed by atoms with van der Waals surface area (Å²) in [5, 5.41) is 39.3. The highest BCUT2D eigenvalue weighted by atomic mass is 35.5. The van der Waals surface area contributed by atoms with Gasteiger partial charge in [0.05, 0.1) is 70.7 Å². The highest BCUT2D eigenvalue weighted by Gasteiger charge is 2.23. The molecule has 34 nitrogen and oxygen atoms in total. The SMILES string of the molecule is Cc1cc(N)c(Nc2cccc(OC(F)F)c2)cc1Cl.Cc1cc([N+](=O)[O-])c(F)cc1Cl.Cc1cc([N+](=O)[O-])c(Nc2cccc(OC(F)F)c2)cc1Cl.Cc1cc2[nH]c(=O)n(-c3cccc(OC(F)F)c3)c2cc1Cl.Cc1cc2c(cc1Cl)n(-c1cccc(OC(F)F)c1)c(=O)n2C(C)C.O=C=O.O=C=O.O=C=O.O=C=O.O=C=O.O=COc1cc([N+](=O)[O-])c(F)cc1Cl. The van der Waals surface area contributed by atoms with E-state index in [1.54, 1.807) is 85.1 Å². The zero-order valence-electron chi connectivity index (χ0n) is 66.7. The minimum atomic E-state index is -2.95. The average molecular weight is 1950 g/mol. The summed E-state index contributed by atoms with van der Waals surface area (Å²) in [5.74, 6) is -2.26. The number of carbonyl (C=O) groups excluding carboxylic acids is 11. The molecule has 5 N–H and O–H groups in total. The second-order valence-corrected chi connectivity index (χ2v) is 26.8. The van der Waals surface area contributed by atoms with Crippen molar-refractivity contribution in [3.63, 3.8) is 0 Å². The number of nitro benzene ring substituents is 3. The molecule has 0 aliphatic rings. The number of aromatic amines is 1. The first-order valence-electron chi connectivity index (χ1n) is 34.6. The van der Waals surface area contributed by atoms with E-state index in [4.69, 9.17) is 123 Å². The monoisotopic (exact) mass is 1940 g/mol. The fourth-order valence-corrected chi connectivity index (χ4v) is 11.3. The highest BCUT2D eigenvalue weighted by molar-refractivity contribution is 6.33. The molecule has 0 aliphatic carbocycles. The molecular formula is C80H60Cl6F10N10O24. The van der Waals surface area contributed by atoms with E-state index in [2.05, 4.69) is 39.3 Å². The third-order valence-electron chi connectivity index (χ3n) is 15.5. The van der Waals surface area contributed by atoms with E-state index < -0.39 is 64.2 Å². The summed E-state index contributed by atoms with van der Waals surface area (Å²) in [6, 6.07) is 40.5. The number of halogens is 16. The number of hydrogen-bond donors (Lipinski definition) is 4. The van der Waals surface area contributed by atoms with Crippen LogP contribution in [-0.2, 0) is 52.7 Å². The van der Waals surface area contributed by atoms with E-state index in [1.165, 1.54) is 81.9 Å². The molecule has 10 aromatic carbocycles. The number of rotatable bonds is 20. The summed E-state index contributed by atoms with van der Waals surface area (Å²) < 4.78 is 150.